The molecule has 118 valence electrons. The van der Waals surface area contributed by atoms with Crippen molar-refractivity contribution in [3.05, 3.63) is 71.8 Å². The molecule has 0 aromatic heterocycles. The Morgan fingerprint density at radius 2 is 1.13 bits per heavy atom. The van der Waals surface area contributed by atoms with Crippen molar-refractivity contribution in [2.24, 2.45) is 0 Å². The maximum Gasteiger partial charge on any atom is 0.338 e. The lowest BCUT2D eigenvalue weighted by Crippen LogP contribution is -2.34. The second kappa shape index (κ2) is 7.07. The standard InChI is InChI=1S/C18H17NO4/c20-17(13-7-3-1-4-8-13)22-15-11-19-12-16(15)23-18(21)14-9-5-2-6-10-14/h1-10,15-16,19H,11-12H2/t15-,16-/m1/s1. The molecule has 1 N–H and O–H groups in total. The topological polar surface area (TPSA) is 64.6 Å². The van der Waals surface area contributed by atoms with Crippen LogP contribution in [0.5, 0.6) is 0 Å². The first-order chi connectivity index (χ1) is 11.2. The molecule has 0 bridgehead atoms. The molecular weight excluding hydrogens is 294 g/mol. The smallest absolute Gasteiger partial charge is 0.338 e. The Morgan fingerprint density at radius 1 is 0.739 bits per heavy atom. The number of hydrogen-bond donors (Lipinski definition) is 1. The molecule has 1 fully saturated rings. The van der Waals surface area contributed by atoms with Crippen molar-refractivity contribution in [2.45, 2.75) is 12.2 Å². The SMILES string of the molecule is O=C(O[C@@H]1CNC[C@H]1OC(=O)c1ccccc1)c1ccccc1. The van der Waals surface area contributed by atoms with Crippen LogP contribution in [0, 0.1) is 0 Å². The lowest BCUT2D eigenvalue weighted by molar-refractivity contribution is -0.0176. The highest BCUT2D eigenvalue weighted by molar-refractivity contribution is 5.90. The number of carbonyl (C=O) groups excluding carboxylic acids is 2. The van der Waals surface area contributed by atoms with Crippen LogP contribution in [0.25, 0.3) is 0 Å². The van der Waals surface area contributed by atoms with E-state index in [0.29, 0.717) is 24.2 Å². The highest BCUT2D eigenvalue weighted by atomic mass is 16.6. The van der Waals surface area contributed by atoms with Crippen molar-refractivity contribution in [1.29, 1.82) is 0 Å². The number of ether oxygens (including phenoxy) is 2. The maximum atomic E-state index is 12.1. The van der Waals surface area contributed by atoms with Crippen molar-refractivity contribution in [3.8, 4) is 0 Å². The molecule has 2 atom stereocenters. The van der Waals surface area contributed by atoms with Crippen LogP contribution in [-0.4, -0.2) is 37.2 Å². The number of nitrogens with one attached hydrogen (secondary N) is 1. The van der Waals surface area contributed by atoms with E-state index < -0.39 is 24.1 Å². The summed E-state index contributed by atoms with van der Waals surface area (Å²) >= 11 is 0. The Kier molecular flexibility index (Phi) is 4.68. The van der Waals surface area contributed by atoms with Crippen molar-refractivity contribution in [2.75, 3.05) is 13.1 Å². The van der Waals surface area contributed by atoms with Gasteiger partial charge in [0.1, 0.15) is 0 Å². The average molecular weight is 311 g/mol. The van der Waals surface area contributed by atoms with Gasteiger partial charge in [-0.15, -0.1) is 0 Å². The van der Waals surface area contributed by atoms with Crippen LogP contribution in [-0.2, 0) is 9.47 Å². The summed E-state index contributed by atoms with van der Waals surface area (Å²) < 4.78 is 10.9. The Balaban J connectivity index is 1.62. The van der Waals surface area contributed by atoms with Gasteiger partial charge in [0.2, 0.25) is 0 Å². The van der Waals surface area contributed by atoms with Gasteiger partial charge in [-0.25, -0.2) is 9.59 Å². The molecular formula is C18H17NO4. The van der Waals surface area contributed by atoms with Crippen LogP contribution in [0.2, 0.25) is 0 Å². The molecule has 1 aliphatic rings. The first-order valence-corrected chi connectivity index (χ1v) is 7.47. The van der Waals surface area contributed by atoms with E-state index in [9.17, 15) is 9.59 Å². The summed E-state index contributed by atoms with van der Waals surface area (Å²) in [4.78, 5) is 24.2. The minimum atomic E-state index is -0.490. The fraction of sp³-hybridized carbons (Fsp3) is 0.222. The fourth-order valence-corrected chi connectivity index (χ4v) is 2.43. The monoisotopic (exact) mass is 311 g/mol. The molecule has 0 radical (unpaired) electrons. The lowest BCUT2D eigenvalue weighted by Gasteiger charge is -2.19. The van der Waals surface area contributed by atoms with Gasteiger partial charge in [0.25, 0.3) is 0 Å². The van der Waals surface area contributed by atoms with Crippen molar-refractivity contribution >= 4 is 11.9 Å². The van der Waals surface area contributed by atoms with Crippen molar-refractivity contribution in [1.82, 2.24) is 5.32 Å². The van der Waals surface area contributed by atoms with Crippen LogP contribution in [0.4, 0.5) is 0 Å². The third kappa shape index (κ3) is 3.76. The van der Waals surface area contributed by atoms with Gasteiger partial charge in [0, 0.05) is 13.1 Å². The molecule has 0 saturated carbocycles. The minimum absolute atomic E-state index is 0.417. The first-order valence-electron chi connectivity index (χ1n) is 7.47. The number of benzene rings is 2. The van der Waals surface area contributed by atoms with E-state index in [1.807, 2.05) is 12.1 Å². The molecule has 1 aliphatic heterocycles. The zero-order chi connectivity index (χ0) is 16.1. The summed E-state index contributed by atoms with van der Waals surface area (Å²) in [5.74, 6) is -0.833. The summed E-state index contributed by atoms with van der Waals surface area (Å²) in [5.41, 5.74) is 0.958. The van der Waals surface area contributed by atoms with E-state index in [4.69, 9.17) is 9.47 Å². The normalized spacial score (nSPS) is 20.0. The Morgan fingerprint density at radius 3 is 1.52 bits per heavy atom. The predicted molar refractivity (Wildman–Crippen MR) is 84.2 cm³/mol. The van der Waals surface area contributed by atoms with Crippen LogP contribution < -0.4 is 5.32 Å². The quantitative estimate of drug-likeness (QED) is 0.875. The molecule has 0 aliphatic carbocycles. The van der Waals surface area contributed by atoms with Gasteiger partial charge in [0.15, 0.2) is 12.2 Å². The van der Waals surface area contributed by atoms with Crippen LogP contribution in [0.1, 0.15) is 20.7 Å². The summed E-state index contributed by atoms with van der Waals surface area (Å²) in [6.07, 6.45) is -0.981. The largest absolute Gasteiger partial charge is 0.453 e. The highest BCUT2D eigenvalue weighted by Gasteiger charge is 2.33. The molecule has 0 unspecified atom stereocenters. The van der Waals surface area contributed by atoms with Gasteiger partial charge in [-0.05, 0) is 24.3 Å². The fourth-order valence-electron chi connectivity index (χ4n) is 2.43. The number of esters is 2. The summed E-state index contributed by atoms with van der Waals surface area (Å²) in [7, 11) is 0. The van der Waals surface area contributed by atoms with Crippen LogP contribution in [0.15, 0.2) is 60.7 Å². The number of hydrogen-bond acceptors (Lipinski definition) is 5. The van der Waals surface area contributed by atoms with E-state index in [2.05, 4.69) is 5.32 Å². The van der Waals surface area contributed by atoms with Gasteiger partial charge in [0.05, 0.1) is 11.1 Å². The molecule has 0 spiro atoms. The van der Waals surface area contributed by atoms with Crippen molar-refractivity contribution < 1.29 is 19.1 Å². The highest BCUT2D eigenvalue weighted by Crippen LogP contribution is 2.14. The molecule has 3 rings (SSSR count). The van der Waals surface area contributed by atoms with E-state index in [1.54, 1.807) is 48.5 Å². The van der Waals surface area contributed by atoms with E-state index in [0.717, 1.165) is 0 Å². The van der Waals surface area contributed by atoms with E-state index in [1.165, 1.54) is 0 Å². The zero-order valence-electron chi connectivity index (χ0n) is 12.5. The maximum absolute atomic E-state index is 12.1. The molecule has 23 heavy (non-hydrogen) atoms. The Bertz CT molecular complexity index is 612. The Hall–Kier alpha value is -2.66. The van der Waals surface area contributed by atoms with Crippen LogP contribution in [0.3, 0.4) is 0 Å². The van der Waals surface area contributed by atoms with Gasteiger partial charge in [-0.3, -0.25) is 0 Å². The summed E-state index contributed by atoms with van der Waals surface area (Å²) in [5, 5.41) is 3.08. The molecule has 2 aromatic rings. The van der Waals surface area contributed by atoms with Gasteiger partial charge in [-0.2, -0.15) is 0 Å². The number of rotatable bonds is 4. The summed E-state index contributed by atoms with van der Waals surface area (Å²) in [6.45, 7) is 0.927. The summed E-state index contributed by atoms with van der Waals surface area (Å²) in [6, 6.07) is 17.5. The van der Waals surface area contributed by atoms with E-state index >= 15 is 0 Å². The van der Waals surface area contributed by atoms with Crippen molar-refractivity contribution in [3.63, 3.8) is 0 Å². The predicted octanol–water partition coefficient (Wildman–Crippen LogP) is 2.04. The third-order valence-corrected chi connectivity index (χ3v) is 3.64. The molecule has 5 nitrogen and oxygen atoms in total. The van der Waals surface area contributed by atoms with Gasteiger partial charge >= 0.3 is 11.9 Å². The first kappa shape index (κ1) is 15.2. The molecule has 0 amide bonds. The Labute approximate surface area is 134 Å². The molecule has 1 heterocycles. The second-order valence-corrected chi connectivity index (χ2v) is 5.28. The van der Waals surface area contributed by atoms with Gasteiger partial charge < -0.3 is 14.8 Å². The minimum Gasteiger partial charge on any atom is -0.453 e. The van der Waals surface area contributed by atoms with Gasteiger partial charge in [-0.1, -0.05) is 36.4 Å². The molecule has 5 heteroatoms. The zero-order valence-corrected chi connectivity index (χ0v) is 12.5. The molecule has 1 saturated heterocycles. The third-order valence-electron chi connectivity index (χ3n) is 3.64. The lowest BCUT2D eigenvalue weighted by atomic mass is 10.2. The number of carbonyl (C=O) groups is 2. The van der Waals surface area contributed by atoms with E-state index in [-0.39, 0.29) is 0 Å². The average Bonchev–Trinajstić information content (AvgIpc) is 3.03. The second-order valence-electron chi connectivity index (χ2n) is 5.28. The molecule has 2 aromatic carbocycles. The van der Waals surface area contributed by atoms with Crippen LogP contribution >= 0.6 is 0 Å².